The summed E-state index contributed by atoms with van der Waals surface area (Å²) in [5.41, 5.74) is 7.45. The molecule has 2 aromatic heterocycles. The lowest BCUT2D eigenvalue weighted by atomic mass is 10.2. The van der Waals surface area contributed by atoms with E-state index in [1.807, 2.05) is 12.3 Å². The van der Waals surface area contributed by atoms with Crippen LogP contribution in [0, 0.1) is 6.92 Å². The van der Waals surface area contributed by atoms with Gasteiger partial charge in [0, 0.05) is 17.3 Å². The molecule has 19 heavy (non-hydrogen) atoms. The van der Waals surface area contributed by atoms with Gasteiger partial charge in [0.25, 0.3) is 0 Å². The van der Waals surface area contributed by atoms with Gasteiger partial charge in [-0.25, -0.2) is 14.8 Å². The number of ether oxygens (including phenoxy) is 1. The molecule has 0 saturated heterocycles. The predicted octanol–water partition coefficient (Wildman–Crippen LogP) is 1.83. The third-order valence-corrected chi connectivity index (χ3v) is 3.44. The maximum atomic E-state index is 11.5. The lowest BCUT2D eigenvalue weighted by Gasteiger charge is -2.09. The Morgan fingerprint density at radius 3 is 3.00 bits per heavy atom. The van der Waals surface area contributed by atoms with Crippen LogP contribution < -0.4 is 11.1 Å². The molecule has 7 heteroatoms. The number of methoxy groups -OCH3 is 1. The molecule has 0 atom stereocenters. The minimum atomic E-state index is -0.479. The fourth-order valence-corrected chi connectivity index (χ4v) is 2.26. The monoisotopic (exact) mass is 278 g/mol. The highest BCUT2D eigenvalue weighted by Gasteiger charge is 2.13. The summed E-state index contributed by atoms with van der Waals surface area (Å²) in [7, 11) is 1.31. The van der Waals surface area contributed by atoms with E-state index < -0.39 is 5.97 Å². The zero-order chi connectivity index (χ0) is 13.8. The molecule has 3 N–H and O–H groups in total. The van der Waals surface area contributed by atoms with Gasteiger partial charge in [-0.15, -0.1) is 11.3 Å². The molecule has 0 aliphatic carbocycles. The van der Waals surface area contributed by atoms with Crippen LogP contribution in [0.25, 0.3) is 0 Å². The maximum Gasteiger partial charge on any atom is 0.340 e. The third-order valence-electron chi connectivity index (χ3n) is 2.47. The van der Waals surface area contributed by atoms with Crippen molar-refractivity contribution in [1.29, 1.82) is 0 Å². The van der Waals surface area contributed by atoms with E-state index in [-0.39, 0.29) is 5.69 Å². The van der Waals surface area contributed by atoms with Gasteiger partial charge in [0.15, 0.2) is 0 Å². The zero-order valence-corrected chi connectivity index (χ0v) is 11.5. The number of aryl methyl sites for hydroxylation is 1. The van der Waals surface area contributed by atoms with Gasteiger partial charge in [-0.3, -0.25) is 0 Å². The van der Waals surface area contributed by atoms with E-state index in [0.717, 1.165) is 10.7 Å². The van der Waals surface area contributed by atoms with E-state index in [9.17, 15) is 4.79 Å². The Hall–Kier alpha value is -2.15. The maximum absolute atomic E-state index is 11.5. The fourth-order valence-electron chi connectivity index (χ4n) is 1.55. The van der Waals surface area contributed by atoms with Crippen LogP contribution in [0.5, 0.6) is 0 Å². The Bertz CT molecular complexity index is 597. The number of carbonyl (C=O) groups excluding carboxylic acids is 1. The molecule has 0 saturated carbocycles. The van der Waals surface area contributed by atoms with Crippen LogP contribution in [0.15, 0.2) is 17.6 Å². The summed E-state index contributed by atoms with van der Waals surface area (Å²) in [4.78, 5) is 19.9. The highest BCUT2D eigenvalue weighted by Crippen LogP contribution is 2.21. The molecule has 0 amide bonds. The molecular formula is C12H14N4O2S. The van der Waals surface area contributed by atoms with Crippen molar-refractivity contribution in [1.82, 2.24) is 9.97 Å². The number of nitrogen functional groups attached to an aromatic ring is 1. The number of hydrogen-bond donors (Lipinski definition) is 2. The molecule has 0 bridgehead atoms. The number of carbonyl (C=O) groups is 1. The predicted molar refractivity (Wildman–Crippen MR) is 74.2 cm³/mol. The first-order valence-corrected chi connectivity index (χ1v) is 6.47. The molecule has 0 aromatic carbocycles. The van der Waals surface area contributed by atoms with E-state index in [0.29, 0.717) is 17.9 Å². The fraction of sp³-hybridized carbons (Fsp3) is 0.250. The molecule has 0 aliphatic rings. The summed E-state index contributed by atoms with van der Waals surface area (Å²) in [6.07, 6.45) is 1.51. The van der Waals surface area contributed by atoms with Gasteiger partial charge < -0.3 is 15.8 Å². The lowest BCUT2D eigenvalue weighted by molar-refractivity contribution is 0.0602. The standard InChI is InChI=1S/C12H14N4O2S/c1-7-6-19-9(16-7)5-15-11-10(13)8(3-4-14-11)12(17)18-2/h3-4,6H,5,13H2,1-2H3,(H,14,15). The van der Waals surface area contributed by atoms with E-state index in [1.165, 1.54) is 19.4 Å². The molecule has 2 heterocycles. The molecule has 6 nitrogen and oxygen atoms in total. The zero-order valence-electron chi connectivity index (χ0n) is 10.6. The van der Waals surface area contributed by atoms with E-state index in [2.05, 4.69) is 20.0 Å². The quantitative estimate of drug-likeness (QED) is 0.829. The number of aromatic nitrogens is 2. The van der Waals surface area contributed by atoms with Crippen molar-refractivity contribution < 1.29 is 9.53 Å². The van der Waals surface area contributed by atoms with Crippen molar-refractivity contribution in [3.8, 4) is 0 Å². The minimum Gasteiger partial charge on any atom is -0.465 e. The molecule has 2 rings (SSSR count). The van der Waals surface area contributed by atoms with Gasteiger partial charge >= 0.3 is 5.97 Å². The Balaban J connectivity index is 2.14. The van der Waals surface area contributed by atoms with Crippen LogP contribution in [0.2, 0.25) is 0 Å². The van der Waals surface area contributed by atoms with Crippen molar-refractivity contribution in [3.05, 3.63) is 33.9 Å². The van der Waals surface area contributed by atoms with Crippen LogP contribution in [0.4, 0.5) is 11.5 Å². The largest absolute Gasteiger partial charge is 0.465 e. The van der Waals surface area contributed by atoms with Crippen LogP contribution >= 0.6 is 11.3 Å². The summed E-state index contributed by atoms with van der Waals surface area (Å²) >= 11 is 1.56. The number of anilines is 2. The van der Waals surface area contributed by atoms with Gasteiger partial charge in [0.2, 0.25) is 0 Å². The number of pyridine rings is 1. The Kier molecular flexibility index (Phi) is 3.96. The Morgan fingerprint density at radius 2 is 2.37 bits per heavy atom. The van der Waals surface area contributed by atoms with E-state index in [4.69, 9.17) is 5.73 Å². The van der Waals surface area contributed by atoms with Crippen LogP contribution in [0.3, 0.4) is 0 Å². The second kappa shape index (κ2) is 5.66. The number of nitrogens with zero attached hydrogens (tertiary/aromatic N) is 2. The second-order valence-electron chi connectivity index (χ2n) is 3.85. The number of nitrogens with two attached hydrogens (primary N) is 1. The Morgan fingerprint density at radius 1 is 1.58 bits per heavy atom. The molecule has 2 aromatic rings. The summed E-state index contributed by atoms with van der Waals surface area (Å²) in [5, 5.41) is 5.97. The molecule has 0 aliphatic heterocycles. The van der Waals surface area contributed by atoms with Gasteiger partial charge in [0.1, 0.15) is 10.8 Å². The summed E-state index contributed by atoms with van der Waals surface area (Å²) in [6, 6.07) is 1.53. The van der Waals surface area contributed by atoms with E-state index in [1.54, 1.807) is 11.3 Å². The van der Waals surface area contributed by atoms with Gasteiger partial charge in [0.05, 0.1) is 24.9 Å². The first-order chi connectivity index (χ1) is 9.11. The van der Waals surface area contributed by atoms with Crippen molar-refractivity contribution >= 4 is 28.8 Å². The van der Waals surface area contributed by atoms with Gasteiger partial charge in [-0.2, -0.15) is 0 Å². The minimum absolute atomic E-state index is 0.280. The average molecular weight is 278 g/mol. The SMILES string of the molecule is COC(=O)c1ccnc(NCc2nc(C)cs2)c1N. The smallest absolute Gasteiger partial charge is 0.340 e. The second-order valence-corrected chi connectivity index (χ2v) is 4.79. The van der Waals surface area contributed by atoms with Crippen molar-refractivity contribution in [3.63, 3.8) is 0 Å². The highest BCUT2D eigenvalue weighted by atomic mass is 32.1. The first kappa shape index (κ1) is 13.3. The molecular weight excluding hydrogens is 264 g/mol. The van der Waals surface area contributed by atoms with Gasteiger partial charge in [-0.05, 0) is 13.0 Å². The number of hydrogen-bond acceptors (Lipinski definition) is 7. The van der Waals surface area contributed by atoms with Crippen LogP contribution in [-0.2, 0) is 11.3 Å². The van der Waals surface area contributed by atoms with Crippen molar-refractivity contribution in [2.75, 3.05) is 18.2 Å². The normalized spacial score (nSPS) is 10.2. The van der Waals surface area contributed by atoms with Gasteiger partial charge in [-0.1, -0.05) is 0 Å². The first-order valence-electron chi connectivity index (χ1n) is 5.59. The van der Waals surface area contributed by atoms with Crippen molar-refractivity contribution in [2.24, 2.45) is 0 Å². The van der Waals surface area contributed by atoms with Crippen molar-refractivity contribution in [2.45, 2.75) is 13.5 Å². The molecule has 0 spiro atoms. The third kappa shape index (κ3) is 3.00. The van der Waals surface area contributed by atoms with Crippen LogP contribution in [0.1, 0.15) is 21.1 Å². The molecule has 0 unspecified atom stereocenters. The summed E-state index contributed by atoms with van der Waals surface area (Å²) in [5.74, 6) is -0.0243. The summed E-state index contributed by atoms with van der Waals surface area (Å²) < 4.78 is 4.65. The number of rotatable bonds is 4. The van der Waals surface area contributed by atoms with E-state index >= 15 is 0 Å². The topological polar surface area (TPSA) is 90.1 Å². The molecule has 0 fully saturated rings. The average Bonchev–Trinajstić information content (AvgIpc) is 2.82. The summed E-state index contributed by atoms with van der Waals surface area (Å²) in [6.45, 7) is 2.45. The number of nitrogens with one attached hydrogen (secondary N) is 1. The number of esters is 1. The number of thiazole rings is 1. The molecule has 0 radical (unpaired) electrons. The molecule has 100 valence electrons. The Labute approximate surface area is 114 Å². The lowest BCUT2D eigenvalue weighted by Crippen LogP contribution is -2.10. The van der Waals surface area contributed by atoms with Crippen LogP contribution in [-0.4, -0.2) is 23.0 Å². The highest BCUT2D eigenvalue weighted by molar-refractivity contribution is 7.09.